The molecule has 0 aliphatic carbocycles. The molecule has 0 unspecified atom stereocenters. The van der Waals surface area contributed by atoms with Crippen molar-refractivity contribution in [2.75, 3.05) is 0 Å². The van der Waals surface area contributed by atoms with Gasteiger partial charge >= 0.3 is 11.8 Å². The first-order chi connectivity index (χ1) is 6.63. The summed E-state index contributed by atoms with van der Waals surface area (Å²) in [6.07, 6.45) is 0. The molecule has 0 spiro atoms. The van der Waals surface area contributed by atoms with Crippen molar-refractivity contribution in [3.05, 3.63) is 11.7 Å². The van der Waals surface area contributed by atoms with Crippen molar-refractivity contribution < 1.29 is 14.1 Å². The lowest BCUT2D eigenvalue weighted by Gasteiger charge is -1.98. The molecule has 0 saturated heterocycles. The molecule has 0 aromatic carbocycles. The molecule has 14 heavy (non-hydrogen) atoms. The van der Waals surface area contributed by atoms with E-state index in [1.54, 1.807) is 12.3 Å². The average Bonchev–Trinajstić information content (AvgIpc) is 2.59. The summed E-state index contributed by atoms with van der Waals surface area (Å²) in [6, 6.07) is 0. The van der Waals surface area contributed by atoms with Gasteiger partial charge in [0.1, 0.15) is 0 Å². The van der Waals surface area contributed by atoms with Gasteiger partial charge in [-0.2, -0.15) is 4.98 Å². The summed E-state index contributed by atoms with van der Waals surface area (Å²) in [7, 11) is 0. The zero-order valence-corrected chi connectivity index (χ0v) is 7.40. The van der Waals surface area contributed by atoms with Gasteiger partial charge in [-0.25, -0.2) is 5.84 Å². The number of hydrazine groups is 1. The molecule has 2 amide bonds. The summed E-state index contributed by atoms with van der Waals surface area (Å²) in [5.74, 6) is 3.63. The highest BCUT2D eigenvalue weighted by Crippen LogP contribution is 1.93. The van der Waals surface area contributed by atoms with Gasteiger partial charge in [0.15, 0.2) is 5.82 Å². The first kappa shape index (κ1) is 10.1. The Bertz CT molecular complexity index is 347. The van der Waals surface area contributed by atoms with Gasteiger partial charge in [0.25, 0.3) is 0 Å². The third-order valence-electron chi connectivity index (χ3n) is 1.31. The Hall–Kier alpha value is -1.96. The van der Waals surface area contributed by atoms with Gasteiger partial charge in [0.05, 0.1) is 6.54 Å². The highest BCUT2D eigenvalue weighted by atomic mass is 16.5. The predicted molar refractivity (Wildman–Crippen MR) is 43.2 cm³/mol. The highest BCUT2D eigenvalue weighted by Gasteiger charge is 2.12. The van der Waals surface area contributed by atoms with Gasteiger partial charge in [-0.1, -0.05) is 5.16 Å². The van der Waals surface area contributed by atoms with E-state index in [9.17, 15) is 9.59 Å². The molecule has 8 nitrogen and oxygen atoms in total. The van der Waals surface area contributed by atoms with E-state index in [4.69, 9.17) is 5.84 Å². The summed E-state index contributed by atoms with van der Waals surface area (Å²) in [5, 5.41) is 5.73. The van der Waals surface area contributed by atoms with Crippen LogP contribution in [0.4, 0.5) is 0 Å². The van der Waals surface area contributed by atoms with Crippen molar-refractivity contribution in [1.82, 2.24) is 20.9 Å². The van der Waals surface area contributed by atoms with Crippen molar-refractivity contribution >= 4 is 11.8 Å². The fraction of sp³-hybridized carbons (Fsp3) is 0.333. The van der Waals surface area contributed by atoms with Crippen LogP contribution in [0.3, 0.4) is 0 Å². The lowest BCUT2D eigenvalue weighted by molar-refractivity contribution is -0.139. The van der Waals surface area contributed by atoms with Gasteiger partial charge in [0, 0.05) is 0 Å². The number of carbonyl (C=O) groups is 2. The minimum absolute atomic E-state index is 0.00685. The Kier molecular flexibility index (Phi) is 3.13. The second-order valence-electron chi connectivity index (χ2n) is 2.39. The SMILES string of the molecule is Cc1noc(CNC(=O)C(=O)NN)n1. The summed E-state index contributed by atoms with van der Waals surface area (Å²) in [5.41, 5.74) is 1.69. The molecule has 0 bridgehead atoms. The van der Waals surface area contributed by atoms with Crippen LogP contribution in [0, 0.1) is 6.92 Å². The number of aromatic nitrogens is 2. The van der Waals surface area contributed by atoms with Crippen molar-refractivity contribution in [1.29, 1.82) is 0 Å². The molecule has 1 aromatic rings. The lowest BCUT2D eigenvalue weighted by Crippen LogP contribution is -2.42. The maximum absolute atomic E-state index is 10.9. The van der Waals surface area contributed by atoms with Gasteiger partial charge < -0.3 is 9.84 Å². The predicted octanol–water partition coefficient (Wildman–Crippen LogP) is -2.02. The Balaban J connectivity index is 2.41. The summed E-state index contributed by atoms with van der Waals surface area (Å²) in [6.45, 7) is 1.63. The monoisotopic (exact) mass is 199 g/mol. The molecule has 0 aliphatic heterocycles. The smallest absolute Gasteiger partial charge is 0.323 e. The third-order valence-corrected chi connectivity index (χ3v) is 1.31. The normalized spacial score (nSPS) is 9.57. The van der Waals surface area contributed by atoms with Crippen LogP contribution in [0.5, 0.6) is 0 Å². The number of hydrogen-bond acceptors (Lipinski definition) is 6. The summed E-state index contributed by atoms with van der Waals surface area (Å²) >= 11 is 0. The standard InChI is InChI=1S/C6H9N5O3/c1-3-9-4(14-11-3)2-8-5(12)6(13)10-7/h2,7H2,1H3,(H,8,12)(H,10,13). The lowest BCUT2D eigenvalue weighted by atomic mass is 10.5. The first-order valence-corrected chi connectivity index (χ1v) is 3.71. The fourth-order valence-electron chi connectivity index (χ4n) is 0.714. The van der Waals surface area contributed by atoms with Gasteiger partial charge in [0.2, 0.25) is 5.89 Å². The topological polar surface area (TPSA) is 123 Å². The van der Waals surface area contributed by atoms with Crippen LogP contribution in [-0.2, 0) is 16.1 Å². The van der Waals surface area contributed by atoms with E-state index < -0.39 is 11.8 Å². The zero-order chi connectivity index (χ0) is 10.6. The van der Waals surface area contributed by atoms with E-state index in [2.05, 4.69) is 20.0 Å². The minimum Gasteiger partial charge on any atom is -0.339 e. The number of nitrogens with two attached hydrogens (primary N) is 1. The number of hydrogen-bond donors (Lipinski definition) is 3. The number of carbonyl (C=O) groups excluding carboxylic acids is 2. The van der Waals surface area contributed by atoms with E-state index in [-0.39, 0.29) is 12.4 Å². The average molecular weight is 199 g/mol. The van der Waals surface area contributed by atoms with Crippen molar-refractivity contribution in [3.8, 4) is 0 Å². The van der Waals surface area contributed by atoms with Crippen LogP contribution in [0.15, 0.2) is 4.52 Å². The van der Waals surface area contributed by atoms with Crippen molar-refractivity contribution in [2.45, 2.75) is 13.5 Å². The van der Waals surface area contributed by atoms with E-state index in [1.165, 1.54) is 0 Å². The largest absolute Gasteiger partial charge is 0.339 e. The number of rotatable bonds is 2. The summed E-state index contributed by atoms with van der Waals surface area (Å²) in [4.78, 5) is 25.3. The first-order valence-electron chi connectivity index (χ1n) is 3.71. The second-order valence-corrected chi connectivity index (χ2v) is 2.39. The molecule has 0 saturated carbocycles. The summed E-state index contributed by atoms with van der Waals surface area (Å²) < 4.78 is 4.69. The zero-order valence-electron chi connectivity index (χ0n) is 7.40. The van der Waals surface area contributed by atoms with E-state index in [1.807, 2.05) is 0 Å². The van der Waals surface area contributed by atoms with Gasteiger partial charge in [-0.05, 0) is 6.92 Å². The molecule has 0 radical (unpaired) electrons. The van der Waals surface area contributed by atoms with Crippen LogP contribution >= 0.6 is 0 Å². The molecule has 1 heterocycles. The number of nitrogens with zero attached hydrogens (tertiary/aromatic N) is 2. The van der Waals surface area contributed by atoms with Crippen LogP contribution in [-0.4, -0.2) is 22.0 Å². The fourth-order valence-corrected chi connectivity index (χ4v) is 0.714. The van der Waals surface area contributed by atoms with Crippen molar-refractivity contribution in [3.63, 3.8) is 0 Å². The number of nitrogens with one attached hydrogen (secondary N) is 2. The number of aryl methyl sites for hydroxylation is 1. The van der Waals surface area contributed by atoms with Crippen LogP contribution < -0.4 is 16.6 Å². The quantitative estimate of drug-likeness (QED) is 0.219. The van der Waals surface area contributed by atoms with E-state index in [0.29, 0.717) is 5.82 Å². The Morgan fingerprint density at radius 1 is 1.50 bits per heavy atom. The third kappa shape index (κ3) is 2.52. The van der Waals surface area contributed by atoms with E-state index >= 15 is 0 Å². The number of amides is 2. The van der Waals surface area contributed by atoms with Gasteiger partial charge in [-0.15, -0.1) is 0 Å². The van der Waals surface area contributed by atoms with Crippen LogP contribution in [0.1, 0.15) is 11.7 Å². The molecule has 0 atom stereocenters. The maximum Gasteiger partial charge on any atom is 0.323 e. The minimum atomic E-state index is -0.929. The molecule has 76 valence electrons. The van der Waals surface area contributed by atoms with Gasteiger partial charge in [-0.3, -0.25) is 15.0 Å². The molecule has 1 rings (SSSR count). The van der Waals surface area contributed by atoms with Crippen molar-refractivity contribution in [2.24, 2.45) is 5.84 Å². The molecule has 4 N–H and O–H groups in total. The van der Waals surface area contributed by atoms with Crippen LogP contribution in [0.2, 0.25) is 0 Å². The molecule has 0 aliphatic rings. The van der Waals surface area contributed by atoms with E-state index in [0.717, 1.165) is 0 Å². The Morgan fingerprint density at radius 3 is 2.71 bits per heavy atom. The molecular weight excluding hydrogens is 190 g/mol. The molecule has 1 aromatic heterocycles. The second kappa shape index (κ2) is 4.33. The van der Waals surface area contributed by atoms with Crippen LogP contribution in [0.25, 0.3) is 0 Å². The Labute approximate surface area is 78.8 Å². The molecule has 0 fully saturated rings. The molecule has 8 heteroatoms. The maximum atomic E-state index is 10.9. The Morgan fingerprint density at radius 2 is 2.21 bits per heavy atom. The highest BCUT2D eigenvalue weighted by molar-refractivity contribution is 6.34. The molecular formula is C6H9N5O3.